The van der Waals surface area contributed by atoms with Crippen LogP contribution in [-0.2, 0) is 17.8 Å². The van der Waals surface area contributed by atoms with Crippen LogP contribution in [0.3, 0.4) is 0 Å². The maximum Gasteiger partial charge on any atom is 0.146 e. The van der Waals surface area contributed by atoms with Crippen molar-refractivity contribution in [2.24, 2.45) is 0 Å². The van der Waals surface area contributed by atoms with Crippen LogP contribution in [-0.4, -0.2) is 36.1 Å². The summed E-state index contributed by atoms with van der Waals surface area (Å²) >= 11 is 0. The lowest BCUT2D eigenvalue weighted by molar-refractivity contribution is -0.113. The molecule has 0 bridgehead atoms. The monoisotopic (exact) mass is 474 g/mol. The lowest BCUT2D eigenvalue weighted by atomic mass is 9.93. The van der Waals surface area contributed by atoms with E-state index in [1.54, 1.807) is 7.11 Å². The molecule has 2 N–H and O–H groups in total. The van der Waals surface area contributed by atoms with Crippen molar-refractivity contribution in [3.05, 3.63) is 95.2 Å². The Kier molecular flexibility index (Phi) is 7.04. The van der Waals surface area contributed by atoms with Crippen LogP contribution < -0.4 is 9.47 Å². The molecule has 5 rings (SSSR count). The molecular weight excluding hydrogens is 444 g/mol. The molecule has 6 heteroatoms. The van der Waals surface area contributed by atoms with Gasteiger partial charge in [0.05, 0.1) is 32.0 Å². The molecule has 6 nitrogen and oxygen atoms in total. The number of para-hydroxylation sites is 1. The van der Waals surface area contributed by atoms with Gasteiger partial charge in [-0.15, -0.1) is 0 Å². The summed E-state index contributed by atoms with van der Waals surface area (Å²) in [4.78, 5) is 0. The minimum atomic E-state index is -0.483. The summed E-state index contributed by atoms with van der Waals surface area (Å²) in [6.07, 6.45) is 0.569. The Morgan fingerprint density at radius 3 is 2.57 bits per heavy atom. The molecule has 0 amide bonds. The van der Waals surface area contributed by atoms with E-state index in [2.05, 4.69) is 6.07 Å². The van der Waals surface area contributed by atoms with Gasteiger partial charge in [0.15, 0.2) is 0 Å². The van der Waals surface area contributed by atoms with Crippen molar-refractivity contribution in [1.29, 1.82) is 0 Å². The number of furan rings is 1. The highest BCUT2D eigenvalue weighted by Crippen LogP contribution is 2.34. The van der Waals surface area contributed by atoms with Gasteiger partial charge in [-0.25, -0.2) is 0 Å². The van der Waals surface area contributed by atoms with E-state index >= 15 is 0 Å². The highest BCUT2D eigenvalue weighted by Gasteiger charge is 2.29. The molecule has 3 atom stereocenters. The zero-order valence-electron chi connectivity index (χ0n) is 19.7. The smallest absolute Gasteiger partial charge is 0.146 e. The largest absolute Gasteiger partial charge is 0.496 e. The van der Waals surface area contributed by atoms with Crippen LogP contribution >= 0.6 is 0 Å². The Morgan fingerprint density at radius 1 is 0.971 bits per heavy atom. The quantitative estimate of drug-likeness (QED) is 0.366. The van der Waals surface area contributed by atoms with Gasteiger partial charge in [0.2, 0.25) is 0 Å². The van der Waals surface area contributed by atoms with Crippen LogP contribution in [0.4, 0.5) is 0 Å². The van der Waals surface area contributed by atoms with Gasteiger partial charge in [-0.05, 0) is 53.1 Å². The molecule has 0 radical (unpaired) electrons. The fourth-order valence-electron chi connectivity index (χ4n) is 4.65. The van der Waals surface area contributed by atoms with E-state index in [1.165, 1.54) is 0 Å². The van der Waals surface area contributed by atoms with Crippen LogP contribution in [0, 0.1) is 0 Å². The van der Waals surface area contributed by atoms with Crippen molar-refractivity contribution in [2.75, 3.05) is 13.7 Å². The van der Waals surface area contributed by atoms with Gasteiger partial charge in [-0.2, -0.15) is 0 Å². The molecule has 1 aliphatic rings. The second-order valence-electron chi connectivity index (χ2n) is 8.99. The highest BCUT2D eigenvalue weighted by molar-refractivity contribution is 5.77. The molecule has 0 unspecified atom stereocenters. The summed E-state index contributed by atoms with van der Waals surface area (Å²) in [5.74, 6) is 2.36. The maximum atomic E-state index is 10.2. The molecule has 0 saturated carbocycles. The number of aliphatic hydroxyl groups excluding tert-OH is 2. The first-order chi connectivity index (χ1) is 17.1. The summed E-state index contributed by atoms with van der Waals surface area (Å²) in [5, 5.41) is 20.8. The van der Waals surface area contributed by atoms with Crippen molar-refractivity contribution in [3.8, 4) is 11.5 Å². The third-order valence-electron chi connectivity index (χ3n) is 6.43. The lowest BCUT2D eigenvalue weighted by Gasteiger charge is -2.32. The molecule has 1 fully saturated rings. The first kappa shape index (κ1) is 23.4. The first-order valence-corrected chi connectivity index (χ1v) is 11.9. The second kappa shape index (κ2) is 10.5. The number of ether oxygens (including phenoxy) is 3. The molecule has 0 spiro atoms. The summed E-state index contributed by atoms with van der Waals surface area (Å²) in [7, 11) is 1.66. The Bertz CT molecular complexity index is 1230. The lowest BCUT2D eigenvalue weighted by Crippen LogP contribution is -2.33. The maximum absolute atomic E-state index is 10.2. The van der Waals surface area contributed by atoms with E-state index in [0.29, 0.717) is 25.9 Å². The summed E-state index contributed by atoms with van der Waals surface area (Å²) in [6.45, 7) is 0.271. The van der Waals surface area contributed by atoms with E-state index < -0.39 is 6.10 Å². The Labute approximate surface area is 204 Å². The molecule has 1 aromatic heterocycles. The number of hydrogen-bond donors (Lipinski definition) is 2. The van der Waals surface area contributed by atoms with Crippen molar-refractivity contribution < 1.29 is 28.8 Å². The zero-order valence-corrected chi connectivity index (χ0v) is 19.7. The van der Waals surface area contributed by atoms with Crippen molar-refractivity contribution in [1.82, 2.24) is 0 Å². The molecule has 2 heterocycles. The number of hydrogen-bond acceptors (Lipinski definition) is 6. The molecule has 1 aliphatic heterocycles. The molecule has 3 aromatic carbocycles. The summed E-state index contributed by atoms with van der Waals surface area (Å²) in [5.41, 5.74) is 3.99. The number of methoxy groups -OCH3 is 1. The minimum absolute atomic E-state index is 0.0959. The molecule has 0 aliphatic carbocycles. The second-order valence-corrected chi connectivity index (χ2v) is 8.99. The zero-order chi connectivity index (χ0) is 24.2. The van der Waals surface area contributed by atoms with Crippen molar-refractivity contribution in [2.45, 2.75) is 44.2 Å². The number of fused-ring (bicyclic) bond motifs is 1. The van der Waals surface area contributed by atoms with Crippen LogP contribution in [0.1, 0.15) is 41.4 Å². The minimum Gasteiger partial charge on any atom is -0.496 e. The first-order valence-electron chi connectivity index (χ1n) is 11.9. The molecule has 182 valence electrons. The van der Waals surface area contributed by atoms with Crippen LogP contribution in [0.25, 0.3) is 11.0 Å². The van der Waals surface area contributed by atoms with E-state index in [-0.39, 0.29) is 18.8 Å². The topological polar surface area (TPSA) is 81.3 Å². The van der Waals surface area contributed by atoms with E-state index in [4.69, 9.17) is 18.6 Å². The fourth-order valence-corrected chi connectivity index (χ4v) is 4.65. The predicted molar refractivity (Wildman–Crippen MR) is 133 cm³/mol. The summed E-state index contributed by atoms with van der Waals surface area (Å²) < 4.78 is 23.3. The Morgan fingerprint density at radius 2 is 1.80 bits per heavy atom. The predicted octanol–water partition coefficient (Wildman–Crippen LogP) is 5.18. The highest BCUT2D eigenvalue weighted by atomic mass is 16.5. The van der Waals surface area contributed by atoms with Crippen LogP contribution in [0.2, 0.25) is 0 Å². The summed E-state index contributed by atoms with van der Waals surface area (Å²) in [6, 6.07) is 23.9. The number of benzene rings is 3. The van der Waals surface area contributed by atoms with E-state index in [9.17, 15) is 10.2 Å². The Balaban J connectivity index is 1.26. The van der Waals surface area contributed by atoms with Gasteiger partial charge < -0.3 is 28.8 Å². The SMILES string of the molecule is COc1ccc([C@H]2C[C@@H](O)C[C@@H](CO)O2)cc1Cc1ccc(OCc2cc3ccccc3o2)cc1. The van der Waals surface area contributed by atoms with Crippen LogP contribution in [0.5, 0.6) is 11.5 Å². The molecule has 4 aromatic rings. The van der Waals surface area contributed by atoms with E-state index in [1.807, 2.05) is 66.7 Å². The third kappa shape index (κ3) is 5.51. The van der Waals surface area contributed by atoms with Gasteiger partial charge in [-0.1, -0.05) is 36.4 Å². The number of rotatable bonds is 8. The average Bonchev–Trinajstić information content (AvgIpc) is 3.31. The third-order valence-corrected chi connectivity index (χ3v) is 6.43. The molecular formula is C29H30O6. The Hall–Kier alpha value is -3.32. The van der Waals surface area contributed by atoms with Gasteiger partial charge in [0.1, 0.15) is 29.4 Å². The van der Waals surface area contributed by atoms with Crippen molar-refractivity contribution in [3.63, 3.8) is 0 Å². The average molecular weight is 475 g/mol. The van der Waals surface area contributed by atoms with Gasteiger partial charge in [0.25, 0.3) is 0 Å². The van der Waals surface area contributed by atoms with Crippen molar-refractivity contribution >= 4 is 11.0 Å². The fraction of sp³-hybridized carbons (Fsp3) is 0.310. The van der Waals surface area contributed by atoms with E-state index in [0.717, 1.165) is 44.9 Å². The molecule has 35 heavy (non-hydrogen) atoms. The number of aliphatic hydroxyl groups is 2. The van der Waals surface area contributed by atoms with Gasteiger partial charge in [0, 0.05) is 24.6 Å². The van der Waals surface area contributed by atoms with Gasteiger partial charge >= 0.3 is 0 Å². The van der Waals surface area contributed by atoms with Crippen LogP contribution in [0.15, 0.2) is 77.2 Å². The standard InChI is InChI=1S/C29H30O6/c1-32-27-11-8-21(29-16-23(31)15-25(17-30)34-29)13-22(27)12-19-6-9-24(10-7-19)33-18-26-14-20-4-2-3-5-28(20)35-26/h2-11,13-14,23,25,29-31H,12,15-18H2,1H3/t23-,25-,29+/m0/s1. The van der Waals surface area contributed by atoms with Gasteiger partial charge in [-0.3, -0.25) is 0 Å². The molecule has 1 saturated heterocycles. The normalized spacial score (nSPS) is 20.1.